The van der Waals surface area contributed by atoms with Gasteiger partial charge in [0, 0.05) is 11.3 Å². The fourth-order valence-corrected chi connectivity index (χ4v) is 1.79. The molecule has 0 saturated carbocycles. The van der Waals surface area contributed by atoms with Crippen LogP contribution in [0.2, 0.25) is 0 Å². The predicted octanol–water partition coefficient (Wildman–Crippen LogP) is 2.54. The Morgan fingerprint density at radius 2 is 1.56 bits per heavy atom. The van der Waals surface area contributed by atoms with Crippen molar-refractivity contribution in [1.82, 2.24) is 0 Å². The lowest BCUT2D eigenvalue weighted by molar-refractivity contribution is 0.415. The zero-order valence-electron chi connectivity index (χ0n) is 10.4. The number of nitrogens with two attached hydrogens (primary N) is 2. The van der Waals surface area contributed by atoms with E-state index in [4.69, 9.17) is 20.9 Å². The van der Waals surface area contributed by atoms with Crippen LogP contribution in [0.15, 0.2) is 36.4 Å². The summed E-state index contributed by atoms with van der Waals surface area (Å²) in [6.45, 7) is 0. The van der Waals surface area contributed by atoms with E-state index in [1.807, 2.05) is 30.3 Å². The summed E-state index contributed by atoms with van der Waals surface area (Å²) >= 11 is 0. The number of anilines is 2. The monoisotopic (exact) mass is 244 g/mol. The second-order valence-electron chi connectivity index (χ2n) is 3.91. The Kier molecular flexibility index (Phi) is 3.28. The van der Waals surface area contributed by atoms with Crippen LogP contribution >= 0.6 is 0 Å². The van der Waals surface area contributed by atoms with Crippen LogP contribution < -0.4 is 20.9 Å². The number of nitrogen functional groups attached to an aromatic ring is 2. The van der Waals surface area contributed by atoms with Crippen molar-refractivity contribution >= 4 is 11.4 Å². The highest BCUT2D eigenvalue weighted by Crippen LogP contribution is 2.33. The van der Waals surface area contributed by atoms with Gasteiger partial charge in [0.2, 0.25) is 0 Å². The lowest BCUT2D eigenvalue weighted by Gasteiger charge is -2.11. The molecule has 0 radical (unpaired) electrons. The number of methoxy groups -OCH3 is 2. The smallest absolute Gasteiger partial charge is 0.142 e. The maximum Gasteiger partial charge on any atom is 0.142 e. The van der Waals surface area contributed by atoms with Crippen molar-refractivity contribution in [2.45, 2.75) is 0 Å². The third kappa shape index (κ3) is 2.18. The van der Waals surface area contributed by atoms with Crippen LogP contribution in [-0.2, 0) is 0 Å². The highest BCUT2D eigenvalue weighted by atomic mass is 16.5. The molecule has 94 valence electrons. The van der Waals surface area contributed by atoms with Crippen LogP contribution in [0.25, 0.3) is 11.1 Å². The molecule has 4 heteroatoms. The molecular weight excluding hydrogens is 228 g/mol. The van der Waals surface area contributed by atoms with Gasteiger partial charge in [-0.05, 0) is 35.9 Å². The molecule has 0 amide bonds. The lowest BCUT2D eigenvalue weighted by Crippen LogP contribution is -1.95. The second kappa shape index (κ2) is 4.87. The number of benzene rings is 2. The van der Waals surface area contributed by atoms with E-state index >= 15 is 0 Å². The summed E-state index contributed by atoms with van der Waals surface area (Å²) in [7, 11) is 3.21. The maximum atomic E-state index is 5.98. The molecule has 4 nitrogen and oxygen atoms in total. The van der Waals surface area contributed by atoms with E-state index in [0.29, 0.717) is 17.1 Å². The quantitative estimate of drug-likeness (QED) is 0.814. The van der Waals surface area contributed by atoms with Crippen LogP contribution in [0.3, 0.4) is 0 Å². The minimum absolute atomic E-state index is 0.600. The Labute approximate surface area is 106 Å². The average molecular weight is 244 g/mol. The van der Waals surface area contributed by atoms with Crippen molar-refractivity contribution < 1.29 is 9.47 Å². The van der Waals surface area contributed by atoms with Crippen LogP contribution in [-0.4, -0.2) is 14.2 Å². The molecule has 2 aromatic rings. The fraction of sp³-hybridized carbons (Fsp3) is 0.143. The van der Waals surface area contributed by atoms with Gasteiger partial charge in [0.15, 0.2) is 0 Å². The molecule has 0 unspecified atom stereocenters. The highest BCUT2D eigenvalue weighted by Gasteiger charge is 2.07. The van der Waals surface area contributed by atoms with Gasteiger partial charge in [-0.2, -0.15) is 0 Å². The predicted molar refractivity (Wildman–Crippen MR) is 73.8 cm³/mol. The van der Waals surface area contributed by atoms with Gasteiger partial charge < -0.3 is 20.9 Å². The molecule has 0 aliphatic rings. The molecule has 4 N–H and O–H groups in total. The molecule has 0 spiro atoms. The minimum atomic E-state index is 0.600. The molecule has 2 aromatic carbocycles. The molecule has 0 aliphatic heterocycles. The van der Waals surface area contributed by atoms with Crippen LogP contribution in [0, 0.1) is 0 Å². The first-order valence-corrected chi connectivity index (χ1v) is 5.53. The van der Waals surface area contributed by atoms with Crippen LogP contribution in [0.1, 0.15) is 0 Å². The van der Waals surface area contributed by atoms with Crippen molar-refractivity contribution in [3.63, 3.8) is 0 Å². The largest absolute Gasteiger partial charge is 0.497 e. The Morgan fingerprint density at radius 3 is 2.22 bits per heavy atom. The number of ether oxygens (including phenoxy) is 2. The molecule has 0 atom stereocenters. The summed E-state index contributed by atoms with van der Waals surface area (Å²) in [4.78, 5) is 0. The van der Waals surface area contributed by atoms with Gasteiger partial charge in [-0.25, -0.2) is 0 Å². The highest BCUT2D eigenvalue weighted by molar-refractivity contribution is 5.80. The van der Waals surface area contributed by atoms with Crippen molar-refractivity contribution in [2.24, 2.45) is 0 Å². The Hall–Kier alpha value is -2.36. The van der Waals surface area contributed by atoms with E-state index in [1.165, 1.54) is 0 Å². The molecule has 0 saturated heterocycles. The zero-order valence-corrected chi connectivity index (χ0v) is 10.4. The van der Waals surface area contributed by atoms with Gasteiger partial charge in [0.25, 0.3) is 0 Å². The maximum absolute atomic E-state index is 5.98. The van der Waals surface area contributed by atoms with E-state index in [2.05, 4.69) is 0 Å². The molecule has 0 bridgehead atoms. The number of rotatable bonds is 3. The molecule has 18 heavy (non-hydrogen) atoms. The Balaban J connectivity index is 2.54. The Morgan fingerprint density at radius 1 is 0.833 bits per heavy atom. The summed E-state index contributed by atoms with van der Waals surface area (Å²) in [5.74, 6) is 1.39. The van der Waals surface area contributed by atoms with Crippen molar-refractivity contribution in [2.75, 3.05) is 25.7 Å². The van der Waals surface area contributed by atoms with Crippen LogP contribution in [0.5, 0.6) is 11.5 Å². The van der Waals surface area contributed by atoms with Gasteiger partial charge in [0.05, 0.1) is 19.9 Å². The first kappa shape index (κ1) is 12.1. The number of hydrogen-bond acceptors (Lipinski definition) is 4. The molecule has 0 aromatic heterocycles. The Bertz CT molecular complexity index is 568. The van der Waals surface area contributed by atoms with E-state index < -0.39 is 0 Å². The summed E-state index contributed by atoms with van der Waals surface area (Å²) in [5, 5.41) is 0. The standard InChI is InChI=1S/C14H16N2O2/c1-17-10-4-6-12(15)11(8-10)9-3-5-13(16)14(7-9)18-2/h3-8H,15-16H2,1-2H3. The third-order valence-electron chi connectivity index (χ3n) is 2.80. The molecule has 2 rings (SSSR count). The third-order valence-corrected chi connectivity index (χ3v) is 2.80. The van der Waals surface area contributed by atoms with Gasteiger partial charge in [-0.15, -0.1) is 0 Å². The summed E-state index contributed by atoms with van der Waals surface area (Å²) in [6.07, 6.45) is 0. The SMILES string of the molecule is COc1ccc(N)c(-c2ccc(N)c(OC)c2)c1. The molecule has 0 fully saturated rings. The normalized spacial score (nSPS) is 10.1. The van der Waals surface area contributed by atoms with E-state index in [9.17, 15) is 0 Å². The minimum Gasteiger partial charge on any atom is -0.497 e. The van der Waals surface area contributed by atoms with Crippen molar-refractivity contribution in [3.05, 3.63) is 36.4 Å². The topological polar surface area (TPSA) is 70.5 Å². The van der Waals surface area contributed by atoms with Crippen LogP contribution in [0.4, 0.5) is 11.4 Å². The first-order chi connectivity index (χ1) is 8.65. The summed E-state index contributed by atoms with van der Waals surface area (Å²) in [5.41, 5.74) is 14.9. The lowest BCUT2D eigenvalue weighted by atomic mass is 10.0. The van der Waals surface area contributed by atoms with Gasteiger partial charge >= 0.3 is 0 Å². The van der Waals surface area contributed by atoms with E-state index in [0.717, 1.165) is 16.9 Å². The average Bonchev–Trinajstić information content (AvgIpc) is 2.40. The molecule has 0 aliphatic carbocycles. The summed E-state index contributed by atoms with van der Waals surface area (Å²) < 4.78 is 10.4. The van der Waals surface area contributed by atoms with Gasteiger partial charge in [0.1, 0.15) is 11.5 Å². The van der Waals surface area contributed by atoms with Gasteiger partial charge in [-0.3, -0.25) is 0 Å². The van der Waals surface area contributed by atoms with Crippen molar-refractivity contribution in [1.29, 1.82) is 0 Å². The van der Waals surface area contributed by atoms with Crippen molar-refractivity contribution in [3.8, 4) is 22.6 Å². The van der Waals surface area contributed by atoms with Gasteiger partial charge in [-0.1, -0.05) is 6.07 Å². The molecular formula is C14H16N2O2. The zero-order chi connectivity index (χ0) is 13.1. The molecule has 0 heterocycles. The fourth-order valence-electron chi connectivity index (χ4n) is 1.79. The van der Waals surface area contributed by atoms with E-state index in [1.54, 1.807) is 20.3 Å². The first-order valence-electron chi connectivity index (χ1n) is 5.53. The number of hydrogen-bond donors (Lipinski definition) is 2. The van der Waals surface area contributed by atoms with E-state index in [-0.39, 0.29) is 0 Å². The second-order valence-corrected chi connectivity index (χ2v) is 3.91. The summed E-state index contributed by atoms with van der Waals surface area (Å²) in [6, 6.07) is 11.1.